The molecule has 2 aromatic carbocycles. The highest BCUT2D eigenvalue weighted by molar-refractivity contribution is 6.71. The van der Waals surface area contributed by atoms with Gasteiger partial charge in [-0.1, -0.05) is 18.2 Å². The van der Waals surface area contributed by atoms with Crippen LogP contribution in [0.1, 0.15) is 0 Å². The van der Waals surface area contributed by atoms with E-state index in [1.54, 1.807) is 0 Å². The molecule has 0 spiro atoms. The minimum Gasteiger partial charge on any atom is -0.386 e. The van der Waals surface area contributed by atoms with Crippen molar-refractivity contribution in [2.45, 2.75) is 0 Å². The predicted molar refractivity (Wildman–Crippen MR) is 63.7 cm³/mol. The Morgan fingerprint density at radius 2 is 1.19 bits per heavy atom. The van der Waals surface area contributed by atoms with Crippen molar-refractivity contribution < 1.29 is 36.3 Å². The molecule has 2 rings (SSSR count). The smallest absolute Gasteiger partial charge is 0.386 e. The number of rotatable bonds is 2. The summed E-state index contributed by atoms with van der Waals surface area (Å²) in [6.45, 7) is 0. The molecule has 2 aromatic rings. The quantitative estimate of drug-likeness (QED) is 0.337. The first-order valence-electron chi connectivity index (χ1n) is 5.44. The average molecular weight is 322 g/mol. The molecule has 3 nitrogen and oxygen atoms in total. The van der Waals surface area contributed by atoms with Crippen molar-refractivity contribution in [1.82, 2.24) is 0 Å². The number of hydrogen-bond acceptors (Lipinski definition) is 3. The lowest BCUT2D eigenvalue weighted by atomic mass is 10.0. The van der Waals surface area contributed by atoms with Gasteiger partial charge in [-0.2, -0.15) is 0 Å². The van der Waals surface area contributed by atoms with Gasteiger partial charge in [0.15, 0.2) is 23.3 Å². The second kappa shape index (κ2) is 5.19. The molecular formula is C12H7F5O3Si. The predicted octanol–water partition coefficient (Wildman–Crippen LogP) is 1.17. The Morgan fingerprint density at radius 3 is 1.67 bits per heavy atom. The van der Waals surface area contributed by atoms with Gasteiger partial charge in [0.1, 0.15) is 0 Å². The van der Waals surface area contributed by atoms with Crippen molar-refractivity contribution >= 4 is 14.0 Å². The van der Waals surface area contributed by atoms with Crippen LogP contribution in [0.15, 0.2) is 24.3 Å². The monoisotopic (exact) mass is 322 g/mol. The first-order chi connectivity index (χ1) is 9.64. The van der Waals surface area contributed by atoms with Gasteiger partial charge < -0.3 is 14.4 Å². The van der Waals surface area contributed by atoms with E-state index in [1.165, 1.54) is 0 Å². The molecule has 0 heterocycles. The zero-order valence-corrected chi connectivity index (χ0v) is 11.0. The van der Waals surface area contributed by atoms with E-state index < -0.39 is 54.2 Å². The molecule has 0 saturated carbocycles. The highest BCUT2D eigenvalue weighted by Gasteiger charge is 2.32. The van der Waals surface area contributed by atoms with Crippen LogP contribution in [0.5, 0.6) is 0 Å². The molecule has 0 radical (unpaired) electrons. The number of halogens is 5. The fourth-order valence-electron chi connectivity index (χ4n) is 1.74. The summed E-state index contributed by atoms with van der Waals surface area (Å²) >= 11 is 0. The highest BCUT2D eigenvalue weighted by Crippen LogP contribution is 2.31. The summed E-state index contributed by atoms with van der Waals surface area (Å²) < 4.78 is 66.4. The summed E-state index contributed by atoms with van der Waals surface area (Å²) in [6.07, 6.45) is 0. The summed E-state index contributed by atoms with van der Waals surface area (Å²) in [4.78, 5) is 27.3. The second-order valence-electron chi connectivity index (χ2n) is 4.16. The summed E-state index contributed by atoms with van der Waals surface area (Å²) in [6, 6.07) is 3.86. The van der Waals surface area contributed by atoms with Crippen molar-refractivity contribution in [2.75, 3.05) is 0 Å². The lowest BCUT2D eigenvalue weighted by Crippen LogP contribution is -2.48. The molecule has 0 bridgehead atoms. The molecule has 21 heavy (non-hydrogen) atoms. The fourth-order valence-corrected chi connectivity index (χ4v) is 2.41. The molecule has 0 amide bonds. The van der Waals surface area contributed by atoms with Crippen molar-refractivity contribution in [3.05, 3.63) is 53.4 Å². The van der Waals surface area contributed by atoms with E-state index in [9.17, 15) is 22.0 Å². The van der Waals surface area contributed by atoms with Gasteiger partial charge >= 0.3 is 8.80 Å². The van der Waals surface area contributed by atoms with E-state index in [2.05, 4.69) is 0 Å². The summed E-state index contributed by atoms with van der Waals surface area (Å²) in [5.41, 5.74) is -1.71. The van der Waals surface area contributed by atoms with Gasteiger partial charge in [0.05, 0.1) is 5.56 Å². The van der Waals surface area contributed by atoms with Gasteiger partial charge in [-0.25, -0.2) is 22.0 Å². The van der Waals surface area contributed by atoms with Crippen molar-refractivity contribution in [2.24, 2.45) is 0 Å². The Bertz CT molecular complexity index is 686. The Morgan fingerprint density at radius 1 is 0.714 bits per heavy atom. The molecule has 3 N–H and O–H groups in total. The largest absolute Gasteiger partial charge is 0.529 e. The third-order valence-electron chi connectivity index (χ3n) is 2.75. The van der Waals surface area contributed by atoms with Crippen LogP contribution in [0.4, 0.5) is 22.0 Å². The van der Waals surface area contributed by atoms with Gasteiger partial charge in [0.25, 0.3) is 0 Å². The highest BCUT2D eigenvalue weighted by atomic mass is 28.4. The van der Waals surface area contributed by atoms with Crippen LogP contribution in [0.2, 0.25) is 0 Å². The Balaban J connectivity index is 2.74. The minimum absolute atomic E-state index is 0.469. The zero-order chi connectivity index (χ0) is 15.9. The van der Waals surface area contributed by atoms with Gasteiger partial charge in [0, 0.05) is 5.19 Å². The minimum atomic E-state index is -4.78. The van der Waals surface area contributed by atoms with E-state index in [-0.39, 0.29) is 0 Å². The van der Waals surface area contributed by atoms with Crippen molar-refractivity contribution in [3.8, 4) is 11.1 Å². The molecule has 9 heteroatoms. The molecule has 112 valence electrons. The molecule has 0 aromatic heterocycles. The van der Waals surface area contributed by atoms with E-state index >= 15 is 0 Å². The zero-order valence-electron chi connectivity index (χ0n) is 10.0. The molecule has 0 fully saturated rings. The van der Waals surface area contributed by atoms with Gasteiger partial charge in [0.2, 0.25) is 5.82 Å². The Kier molecular flexibility index (Phi) is 3.85. The van der Waals surface area contributed by atoms with Crippen LogP contribution in [-0.2, 0) is 0 Å². The lowest BCUT2D eigenvalue weighted by molar-refractivity contribution is 0.249. The van der Waals surface area contributed by atoms with E-state index in [1.807, 2.05) is 0 Å². The maximum Gasteiger partial charge on any atom is 0.529 e. The number of benzene rings is 2. The average Bonchev–Trinajstić information content (AvgIpc) is 2.43. The second-order valence-corrected chi connectivity index (χ2v) is 6.01. The molecular weight excluding hydrogens is 315 g/mol. The van der Waals surface area contributed by atoms with Gasteiger partial charge in [-0.3, -0.25) is 0 Å². The van der Waals surface area contributed by atoms with Crippen molar-refractivity contribution in [3.63, 3.8) is 0 Å². The molecule has 0 aliphatic rings. The lowest BCUT2D eigenvalue weighted by Gasteiger charge is -2.13. The molecule has 0 atom stereocenters. The summed E-state index contributed by atoms with van der Waals surface area (Å²) in [5, 5.41) is -0.469. The summed E-state index contributed by atoms with van der Waals surface area (Å²) in [7, 11) is -4.78. The Hall–Kier alpha value is -1.81. The van der Waals surface area contributed by atoms with E-state index in [4.69, 9.17) is 14.4 Å². The first kappa shape index (κ1) is 15.6. The van der Waals surface area contributed by atoms with E-state index in [0.29, 0.717) is 0 Å². The molecule has 0 unspecified atom stereocenters. The standard InChI is InChI=1S/C12H7F5O3Si/c13-8-7(9(14)11(16)12(17)10(8)15)5-2-1-3-6(4-5)21(18,19)20/h1-4,18-20H. The fraction of sp³-hybridized carbons (Fsp3) is 0. The third-order valence-corrected chi connectivity index (χ3v) is 3.83. The van der Waals surface area contributed by atoms with Crippen LogP contribution in [0.25, 0.3) is 11.1 Å². The van der Waals surface area contributed by atoms with Crippen LogP contribution < -0.4 is 5.19 Å². The maximum absolute atomic E-state index is 13.6. The van der Waals surface area contributed by atoms with Crippen LogP contribution in [-0.4, -0.2) is 23.2 Å². The topological polar surface area (TPSA) is 60.7 Å². The Labute approximate surface area is 115 Å². The normalized spacial score (nSPS) is 11.8. The SMILES string of the molecule is O[Si](O)(O)c1cccc(-c2c(F)c(F)c(F)c(F)c2F)c1. The summed E-state index contributed by atoms with van der Waals surface area (Å²) in [5.74, 6) is -10.6. The van der Waals surface area contributed by atoms with Crippen LogP contribution in [0, 0.1) is 29.1 Å². The van der Waals surface area contributed by atoms with E-state index in [0.717, 1.165) is 24.3 Å². The van der Waals surface area contributed by atoms with Crippen LogP contribution >= 0.6 is 0 Å². The molecule has 0 aliphatic carbocycles. The first-order valence-corrected chi connectivity index (χ1v) is 7.28. The van der Waals surface area contributed by atoms with Gasteiger partial charge in [-0.15, -0.1) is 0 Å². The van der Waals surface area contributed by atoms with Gasteiger partial charge in [-0.05, 0) is 11.6 Å². The third kappa shape index (κ3) is 2.68. The molecule has 0 saturated heterocycles. The molecule has 0 aliphatic heterocycles. The maximum atomic E-state index is 13.6. The number of hydrogen-bond donors (Lipinski definition) is 3. The van der Waals surface area contributed by atoms with Crippen molar-refractivity contribution in [1.29, 1.82) is 0 Å². The van der Waals surface area contributed by atoms with Crippen LogP contribution in [0.3, 0.4) is 0 Å².